The molecule has 26 heavy (non-hydrogen) atoms. The minimum absolute atomic E-state index is 0.0376. The Morgan fingerprint density at radius 2 is 2.23 bits per heavy atom. The molecule has 1 aromatic heterocycles. The summed E-state index contributed by atoms with van der Waals surface area (Å²) in [6.45, 7) is 3.53. The van der Waals surface area contributed by atoms with Gasteiger partial charge in [-0.25, -0.2) is 4.98 Å². The summed E-state index contributed by atoms with van der Waals surface area (Å²) < 4.78 is 5.26. The van der Waals surface area contributed by atoms with Crippen LogP contribution < -0.4 is 4.90 Å². The Balaban J connectivity index is 2.05. The second-order valence-corrected chi connectivity index (χ2v) is 6.86. The predicted octanol–water partition coefficient (Wildman–Crippen LogP) is 3.66. The number of methoxy groups -OCH3 is 1. The lowest BCUT2D eigenvalue weighted by atomic mass is 10.1. The van der Waals surface area contributed by atoms with E-state index < -0.39 is 4.92 Å². The fourth-order valence-corrected chi connectivity index (χ4v) is 3.69. The summed E-state index contributed by atoms with van der Waals surface area (Å²) in [6, 6.07) is 8.74. The molecule has 1 aromatic carbocycles. The zero-order valence-corrected chi connectivity index (χ0v) is 15.0. The van der Waals surface area contributed by atoms with Gasteiger partial charge in [0.1, 0.15) is 5.82 Å². The Hall–Kier alpha value is -2.72. The highest BCUT2D eigenvalue weighted by atomic mass is 16.6. The molecule has 2 unspecified atom stereocenters. The van der Waals surface area contributed by atoms with Gasteiger partial charge in [-0.15, -0.1) is 0 Å². The van der Waals surface area contributed by atoms with E-state index in [2.05, 4.69) is 17.9 Å². The third-order valence-electron chi connectivity index (χ3n) is 5.05. The zero-order chi connectivity index (χ0) is 18.7. The Morgan fingerprint density at radius 1 is 1.42 bits per heavy atom. The SMILES string of the molecule is COCCN(c1cc(C#N)c2cc([N+](=O)[O-])ccc2n1)C1CCC(C)C1. The maximum Gasteiger partial charge on any atom is 0.270 e. The maximum absolute atomic E-state index is 11.0. The first kappa shape index (κ1) is 18.1. The summed E-state index contributed by atoms with van der Waals surface area (Å²) in [5.41, 5.74) is 0.963. The van der Waals surface area contributed by atoms with E-state index in [-0.39, 0.29) is 5.69 Å². The minimum atomic E-state index is -0.459. The third-order valence-corrected chi connectivity index (χ3v) is 5.05. The number of fused-ring (bicyclic) bond motifs is 1. The highest BCUT2D eigenvalue weighted by Crippen LogP contribution is 2.33. The van der Waals surface area contributed by atoms with Crippen LogP contribution in [-0.4, -0.2) is 36.2 Å². The van der Waals surface area contributed by atoms with Gasteiger partial charge in [-0.1, -0.05) is 6.92 Å². The molecule has 0 bridgehead atoms. The van der Waals surface area contributed by atoms with Crippen molar-refractivity contribution in [3.63, 3.8) is 0 Å². The molecule has 0 radical (unpaired) electrons. The van der Waals surface area contributed by atoms with Crippen LogP contribution in [0.15, 0.2) is 24.3 Å². The fraction of sp³-hybridized carbons (Fsp3) is 0.474. The summed E-state index contributed by atoms with van der Waals surface area (Å²) in [4.78, 5) is 17.5. The first-order chi connectivity index (χ1) is 12.5. The lowest BCUT2D eigenvalue weighted by Crippen LogP contribution is -2.37. The summed E-state index contributed by atoms with van der Waals surface area (Å²) in [6.07, 6.45) is 3.36. The van der Waals surface area contributed by atoms with Crippen LogP contribution in [-0.2, 0) is 4.74 Å². The molecular weight excluding hydrogens is 332 g/mol. The van der Waals surface area contributed by atoms with Gasteiger partial charge in [-0.05, 0) is 37.3 Å². The van der Waals surface area contributed by atoms with E-state index in [9.17, 15) is 15.4 Å². The van der Waals surface area contributed by atoms with Crippen molar-refractivity contribution >= 4 is 22.4 Å². The van der Waals surface area contributed by atoms with Gasteiger partial charge in [-0.2, -0.15) is 5.26 Å². The maximum atomic E-state index is 11.0. The lowest BCUT2D eigenvalue weighted by molar-refractivity contribution is -0.384. The van der Waals surface area contributed by atoms with Crippen LogP contribution in [0.3, 0.4) is 0 Å². The number of anilines is 1. The summed E-state index contributed by atoms with van der Waals surface area (Å²) in [5, 5.41) is 21.1. The van der Waals surface area contributed by atoms with Crippen molar-refractivity contribution in [2.45, 2.75) is 32.2 Å². The molecule has 136 valence electrons. The van der Waals surface area contributed by atoms with Crippen LogP contribution in [0, 0.1) is 27.4 Å². The number of rotatable bonds is 6. The van der Waals surface area contributed by atoms with Crippen molar-refractivity contribution in [3.8, 4) is 6.07 Å². The van der Waals surface area contributed by atoms with Crippen molar-refractivity contribution in [1.82, 2.24) is 4.98 Å². The van der Waals surface area contributed by atoms with Crippen LogP contribution in [0.2, 0.25) is 0 Å². The number of nitro groups is 1. The molecule has 1 aliphatic rings. The number of pyridine rings is 1. The van der Waals surface area contributed by atoms with Crippen LogP contribution in [0.5, 0.6) is 0 Å². The number of nitrogens with zero attached hydrogens (tertiary/aromatic N) is 4. The normalized spacial score (nSPS) is 19.4. The molecule has 1 fully saturated rings. The van der Waals surface area contributed by atoms with Crippen molar-refractivity contribution in [1.29, 1.82) is 5.26 Å². The second kappa shape index (κ2) is 7.67. The number of hydrogen-bond acceptors (Lipinski definition) is 6. The smallest absolute Gasteiger partial charge is 0.270 e. The van der Waals surface area contributed by atoms with Crippen molar-refractivity contribution in [3.05, 3.63) is 39.9 Å². The quantitative estimate of drug-likeness (QED) is 0.581. The molecular formula is C19H22N4O3. The molecule has 2 atom stereocenters. The highest BCUT2D eigenvalue weighted by molar-refractivity contribution is 5.88. The van der Waals surface area contributed by atoms with Gasteiger partial charge in [0, 0.05) is 37.2 Å². The van der Waals surface area contributed by atoms with Gasteiger partial charge in [0.05, 0.1) is 28.7 Å². The van der Waals surface area contributed by atoms with E-state index in [4.69, 9.17) is 9.72 Å². The number of aromatic nitrogens is 1. The van der Waals surface area contributed by atoms with E-state index >= 15 is 0 Å². The van der Waals surface area contributed by atoms with Crippen LogP contribution >= 0.6 is 0 Å². The molecule has 0 aliphatic heterocycles. The molecule has 0 saturated heterocycles. The van der Waals surface area contributed by atoms with Gasteiger partial charge in [-0.3, -0.25) is 10.1 Å². The number of benzene rings is 1. The van der Waals surface area contributed by atoms with Crippen LogP contribution in [0.4, 0.5) is 11.5 Å². The largest absolute Gasteiger partial charge is 0.383 e. The average Bonchev–Trinajstić information content (AvgIpc) is 3.06. The summed E-state index contributed by atoms with van der Waals surface area (Å²) >= 11 is 0. The average molecular weight is 354 g/mol. The Morgan fingerprint density at radius 3 is 2.85 bits per heavy atom. The molecule has 7 heteroatoms. The van der Waals surface area contributed by atoms with Gasteiger partial charge in [0.25, 0.3) is 5.69 Å². The van der Waals surface area contributed by atoms with E-state index in [1.807, 2.05) is 0 Å². The number of ether oxygens (including phenoxy) is 1. The van der Waals surface area contributed by atoms with E-state index in [1.54, 1.807) is 19.2 Å². The van der Waals surface area contributed by atoms with E-state index in [0.717, 1.165) is 18.7 Å². The van der Waals surface area contributed by atoms with Gasteiger partial charge in [0.15, 0.2) is 0 Å². The molecule has 7 nitrogen and oxygen atoms in total. The third kappa shape index (κ3) is 3.60. The predicted molar refractivity (Wildman–Crippen MR) is 99.1 cm³/mol. The monoisotopic (exact) mass is 354 g/mol. The molecule has 0 amide bonds. The van der Waals surface area contributed by atoms with Crippen molar-refractivity contribution in [2.75, 3.05) is 25.2 Å². The summed E-state index contributed by atoms with van der Waals surface area (Å²) in [7, 11) is 1.67. The van der Waals surface area contributed by atoms with Gasteiger partial charge < -0.3 is 9.64 Å². The van der Waals surface area contributed by atoms with E-state index in [0.29, 0.717) is 41.6 Å². The molecule has 3 rings (SSSR count). The molecule has 1 heterocycles. The number of nitro benzene ring substituents is 1. The number of non-ortho nitro benzene ring substituents is 1. The van der Waals surface area contributed by atoms with E-state index in [1.165, 1.54) is 18.6 Å². The molecule has 0 spiro atoms. The minimum Gasteiger partial charge on any atom is -0.383 e. The van der Waals surface area contributed by atoms with Crippen LogP contribution in [0.25, 0.3) is 10.9 Å². The highest BCUT2D eigenvalue weighted by Gasteiger charge is 2.28. The number of nitriles is 1. The Kier molecular flexibility index (Phi) is 5.33. The second-order valence-electron chi connectivity index (χ2n) is 6.86. The van der Waals surface area contributed by atoms with Crippen molar-refractivity contribution in [2.24, 2.45) is 5.92 Å². The Bertz CT molecular complexity index is 862. The van der Waals surface area contributed by atoms with Gasteiger partial charge >= 0.3 is 0 Å². The topological polar surface area (TPSA) is 92.3 Å². The number of hydrogen-bond donors (Lipinski definition) is 0. The van der Waals surface area contributed by atoms with Crippen LogP contribution in [0.1, 0.15) is 31.7 Å². The molecule has 1 saturated carbocycles. The lowest BCUT2D eigenvalue weighted by Gasteiger charge is -2.30. The van der Waals surface area contributed by atoms with Gasteiger partial charge in [0.2, 0.25) is 0 Å². The van der Waals surface area contributed by atoms with Crippen molar-refractivity contribution < 1.29 is 9.66 Å². The molecule has 2 aromatic rings. The standard InChI is InChI=1S/C19H22N4O3/c1-13-3-4-15(9-13)22(7-8-26-2)19-10-14(12-20)17-11-16(23(24)25)5-6-18(17)21-19/h5-6,10-11,13,15H,3-4,7-9H2,1-2H3. The molecule has 0 N–H and O–H groups in total. The molecule has 1 aliphatic carbocycles. The zero-order valence-electron chi connectivity index (χ0n) is 15.0. The first-order valence-corrected chi connectivity index (χ1v) is 8.78. The fourth-order valence-electron chi connectivity index (χ4n) is 3.69. The first-order valence-electron chi connectivity index (χ1n) is 8.78. The summed E-state index contributed by atoms with van der Waals surface area (Å²) in [5.74, 6) is 1.41. The Labute approximate surface area is 152 Å².